The van der Waals surface area contributed by atoms with Crippen LogP contribution >= 0.6 is 0 Å². The lowest BCUT2D eigenvalue weighted by Gasteiger charge is -2.22. The van der Waals surface area contributed by atoms with Crippen molar-refractivity contribution in [2.75, 3.05) is 20.3 Å². The maximum Gasteiger partial charge on any atom is 0.251 e. The Morgan fingerprint density at radius 1 is 1.15 bits per heavy atom. The third-order valence-corrected chi connectivity index (χ3v) is 5.66. The molecule has 2 unspecified atom stereocenters. The fourth-order valence-electron chi connectivity index (χ4n) is 3.74. The van der Waals surface area contributed by atoms with Crippen molar-refractivity contribution >= 4 is 11.8 Å². The van der Waals surface area contributed by atoms with E-state index < -0.39 is 6.04 Å². The Morgan fingerprint density at radius 3 is 2.64 bits per heavy atom. The zero-order valence-corrected chi connectivity index (χ0v) is 19.9. The molecule has 2 amide bonds. The number of carbonyl (C=O) groups excluding carboxylic acids is 2. The summed E-state index contributed by atoms with van der Waals surface area (Å²) in [6.07, 6.45) is 2.19. The summed E-state index contributed by atoms with van der Waals surface area (Å²) in [4.78, 5) is 25.5. The van der Waals surface area contributed by atoms with Gasteiger partial charge in [-0.3, -0.25) is 9.59 Å². The van der Waals surface area contributed by atoms with Gasteiger partial charge in [0.25, 0.3) is 5.91 Å². The molecule has 33 heavy (non-hydrogen) atoms. The van der Waals surface area contributed by atoms with Crippen molar-refractivity contribution in [3.05, 3.63) is 59.2 Å². The normalized spacial score (nSPS) is 16.3. The number of rotatable bonds is 10. The molecule has 0 aromatic heterocycles. The summed E-state index contributed by atoms with van der Waals surface area (Å²) >= 11 is 0. The van der Waals surface area contributed by atoms with Gasteiger partial charge in [-0.15, -0.1) is 0 Å². The average molecular weight is 455 g/mol. The second-order valence-electron chi connectivity index (χ2n) is 8.71. The van der Waals surface area contributed by atoms with Gasteiger partial charge < -0.3 is 24.8 Å². The first-order chi connectivity index (χ1) is 15.9. The van der Waals surface area contributed by atoms with E-state index in [1.54, 1.807) is 19.2 Å². The highest BCUT2D eigenvalue weighted by Crippen LogP contribution is 2.29. The number of benzene rings is 2. The van der Waals surface area contributed by atoms with Crippen LogP contribution in [0.2, 0.25) is 0 Å². The number of hydrogen-bond acceptors (Lipinski definition) is 5. The van der Waals surface area contributed by atoms with Crippen LogP contribution in [-0.2, 0) is 16.1 Å². The summed E-state index contributed by atoms with van der Waals surface area (Å²) in [5, 5.41) is 5.79. The molecule has 2 N–H and O–H groups in total. The number of aryl methyl sites for hydroxylation is 1. The van der Waals surface area contributed by atoms with Crippen molar-refractivity contribution in [3.8, 4) is 11.5 Å². The molecule has 2 aromatic rings. The van der Waals surface area contributed by atoms with Gasteiger partial charge >= 0.3 is 0 Å². The van der Waals surface area contributed by atoms with E-state index in [2.05, 4.69) is 10.6 Å². The molecule has 2 atom stereocenters. The Balaban J connectivity index is 1.58. The summed E-state index contributed by atoms with van der Waals surface area (Å²) in [6.45, 7) is 7.32. The van der Waals surface area contributed by atoms with E-state index in [-0.39, 0.29) is 23.8 Å². The molecule has 1 aliphatic rings. The van der Waals surface area contributed by atoms with E-state index in [1.807, 2.05) is 51.1 Å². The molecule has 178 valence electrons. The molecule has 0 spiro atoms. The van der Waals surface area contributed by atoms with Gasteiger partial charge in [-0.1, -0.05) is 37.6 Å². The van der Waals surface area contributed by atoms with Crippen LogP contribution in [0.3, 0.4) is 0 Å². The van der Waals surface area contributed by atoms with Crippen molar-refractivity contribution in [2.24, 2.45) is 5.92 Å². The van der Waals surface area contributed by atoms with Crippen molar-refractivity contribution < 1.29 is 23.8 Å². The van der Waals surface area contributed by atoms with Gasteiger partial charge in [0, 0.05) is 18.7 Å². The Bertz CT molecular complexity index is 953. The van der Waals surface area contributed by atoms with Gasteiger partial charge in [0.2, 0.25) is 5.91 Å². The van der Waals surface area contributed by atoms with Crippen molar-refractivity contribution in [1.29, 1.82) is 0 Å². The second kappa shape index (κ2) is 11.7. The van der Waals surface area contributed by atoms with Crippen LogP contribution in [0.25, 0.3) is 0 Å². The number of hydrogen-bond donors (Lipinski definition) is 2. The monoisotopic (exact) mass is 454 g/mol. The predicted molar refractivity (Wildman–Crippen MR) is 127 cm³/mol. The topological polar surface area (TPSA) is 85.9 Å². The molecule has 1 fully saturated rings. The number of carbonyl (C=O) groups is 2. The van der Waals surface area contributed by atoms with E-state index in [4.69, 9.17) is 14.2 Å². The zero-order valence-electron chi connectivity index (χ0n) is 19.9. The molecule has 0 saturated carbocycles. The van der Waals surface area contributed by atoms with Crippen LogP contribution in [0.5, 0.6) is 11.5 Å². The Morgan fingerprint density at radius 2 is 1.97 bits per heavy atom. The highest BCUT2D eigenvalue weighted by Gasteiger charge is 2.24. The average Bonchev–Trinajstić information content (AvgIpc) is 3.33. The first-order valence-electron chi connectivity index (χ1n) is 11.4. The Kier molecular flexibility index (Phi) is 8.72. The highest BCUT2D eigenvalue weighted by molar-refractivity contribution is 5.97. The Hall–Kier alpha value is -3.06. The number of ether oxygens (including phenoxy) is 3. The molecule has 7 heteroatoms. The van der Waals surface area contributed by atoms with Gasteiger partial charge in [0.15, 0.2) is 11.5 Å². The van der Waals surface area contributed by atoms with Crippen LogP contribution in [-0.4, -0.2) is 44.3 Å². The lowest BCUT2D eigenvalue weighted by atomic mass is 10.0. The van der Waals surface area contributed by atoms with E-state index in [0.717, 1.165) is 30.6 Å². The first kappa shape index (κ1) is 24.6. The fourth-order valence-corrected chi connectivity index (χ4v) is 3.74. The summed E-state index contributed by atoms with van der Waals surface area (Å²) in [7, 11) is 1.59. The summed E-state index contributed by atoms with van der Waals surface area (Å²) < 4.78 is 16.9. The SMILES string of the molecule is COc1cc(CNC(=O)C(NC(=O)c2cccc(C)c2)C(C)C)ccc1OCC1CCCO1. The van der Waals surface area contributed by atoms with Gasteiger partial charge in [0.1, 0.15) is 12.6 Å². The Labute approximate surface area is 195 Å². The van der Waals surface area contributed by atoms with Crippen LogP contribution in [0.4, 0.5) is 0 Å². The third-order valence-electron chi connectivity index (χ3n) is 5.66. The minimum atomic E-state index is -0.645. The smallest absolute Gasteiger partial charge is 0.251 e. The molecule has 1 saturated heterocycles. The van der Waals surface area contributed by atoms with E-state index in [1.165, 1.54) is 0 Å². The maximum absolute atomic E-state index is 12.9. The summed E-state index contributed by atoms with van der Waals surface area (Å²) in [6, 6.07) is 12.2. The van der Waals surface area contributed by atoms with Gasteiger partial charge in [-0.25, -0.2) is 0 Å². The molecule has 3 rings (SSSR count). The van der Waals surface area contributed by atoms with Crippen LogP contribution < -0.4 is 20.1 Å². The largest absolute Gasteiger partial charge is 0.493 e. The zero-order chi connectivity index (χ0) is 23.8. The molecule has 0 bridgehead atoms. The predicted octanol–water partition coefficient (Wildman–Crippen LogP) is 3.63. The minimum Gasteiger partial charge on any atom is -0.493 e. The molecule has 7 nitrogen and oxygen atoms in total. The molecule has 0 radical (unpaired) electrons. The van der Waals surface area contributed by atoms with E-state index >= 15 is 0 Å². The number of amides is 2. The summed E-state index contributed by atoms with van der Waals surface area (Å²) in [5.41, 5.74) is 2.40. The van der Waals surface area contributed by atoms with Crippen LogP contribution in [0.15, 0.2) is 42.5 Å². The fraction of sp³-hybridized carbons (Fsp3) is 0.462. The molecule has 0 aliphatic carbocycles. The first-order valence-corrected chi connectivity index (χ1v) is 11.4. The standard InChI is InChI=1S/C26H34N2O5/c1-17(2)24(28-25(29)20-8-5-7-18(3)13-20)26(30)27-15-19-10-11-22(23(14-19)31-4)33-16-21-9-6-12-32-21/h5,7-8,10-11,13-14,17,21,24H,6,9,12,15-16H2,1-4H3,(H,27,30)(H,28,29). The summed E-state index contributed by atoms with van der Waals surface area (Å²) in [5.74, 6) is 0.689. The molecule has 2 aromatic carbocycles. The maximum atomic E-state index is 12.9. The molecule has 1 aliphatic heterocycles. The van der Waals surface area contributed by atoms with Gasteiger partial charge in [-0.2, -0.15) is 0 Å². The second-order valence-corrected chi connectivity index (χ2v) is 8.71. The van der Waals surface area contributed by atoms with Gasteiger partial charge in [0.05, 0.1) is 13.2 Å². The van der Waals surface area contributed by atoms with Crippen molar-refractivity contribution in [3.63, 3.8) is 0 Å². The van der Waals surface area contributed by atoms with Crippen molar-refractivity contribution in [1.82, 2.24) is 10.6 Å². The van der Waals surface area contributed by atoms with E-state index in [9.17, 15) is 9.59 Å². The highest BCUT2D eigenvalue weighted by atomic mass is 16.5. The van der Waals surface area contributed by atoms with Crippen LogP contribution in [0, 0.1) is 12.8 Å². The van der Waals surface area contributed by atoms with Crippen molar-refractivity contribution in [2.45, 2.75) is 52.3 Å². The van der Waals surface area contributed by atoms with Crippen LogP contribution in [0.1, 0.15) is 48.2 Å². The number of methoxy groups -OCH3 is 1. The lowest BCUT2D eigenvalue weighted by molar-refractivity contribution is -0.124. The molecular weight excluding hydrogens is 420 g/mol. The lowest BCUT2D eigenvalue weighted by Crippen LogP contribution is -2.49. The third kappa shape index (κ3) is 6.96. The number of nitrogens with one attached hydrogen (secondary N) is 2. The molecular formula is C26H34N2O5. The van der Waals surface area contributed by atoms with Gasteiger partial charge in [-0.05, 0) is 55.5 Å². The van der Waals surface area contributed by atoms with E-state index in [0.29, 0.717) is 30.2 Å². The molecule has 1 heterocycles. The quantitative estimate of drug-likeness (QED) is 0.573. The minimum absolute atomic E-state index is 0.0677.